The van der Waals surface area contributed by atoms with E-state index < -0.39 is 11.9 Å². The standard InChI is InChI=1S/C25H23NO3/c1-18-16-21-14-8-9-15-22(21)26(18)23(27)17-29-25(28)24(19-10-4-2-5-11-19)20-12-6-3-7-13-20/h2-15,18,24H,16-17H2,1H3. The number of fused-ring (bicyclic) bond motifs is 1. The predicted molar refractivity (Wildman–Crippen MR) is 113 cm³/mol. The van der Waals surface area contributed by atoms with E-state index in [0.717, 1.165) is 28.8 Å². The molecule has 3 aromatic carbocycles. The quantitative estimate of drug-likeness (QED) is 0.614. The molecule has 4 nitrogen and oxygen atoms in total. The van der Waals surface area contributed by atoms with Crippen molar-refractivity contribution in [3.63, 3.8) is 0 Å². The van der Waals surface area contributed by atoms with Gasteiger partial charge in [-0.05, 0) is 36.1 Å². The van der Waals surface area contributed by atoms with Gasteiger partial charge in [0.1, 0.15) is 5.92 Å². The van der Waals surface area contributed by atoms with Crippen LogP contribution in [0.25, 0.3) is 0 Å². The number of nitrogens with zero attached hydrogens (tertiary/aromatic N) is 1. The highest BCUT2D eigenvalue weighted by Gasteiger charge is 2.32. The fraction of sp³-hybridized carbons (Fsp3) is 0.200. The molecule has 0 fully saturated rings. The van der Waals surface area contributed by atoms with Gasteiger partial charge < -0.3 is 9.64 Å². The zero-order valence-electron chi connectivity index (χ0n) is 16.3. The molecule has 3 aromatic rings. The molecule has 4 heteroatoms. The minimum absolute atomic E-state index is 0.0534. The van der Waals surface area contributed by atoms with Crippen LogP contribution in [-0.4, -0.2) is 24.5 Å². The minimum atomic E-state index is -0.562. The lowest BCUT2D eigenvalue weighted by molar-refractivity contribution is -0.148. The van der Waals surface area contributed by atoms with E-state index in [4.69, 9.17) is 4.74 Å². The maximum atomic E-state index is 13.0. The smallest absolute Gasteiger partial charge is 0.318 e. The summed E-state index contributed by atoms with van der Waals surface area (Å²) in [5, 5.41) is 0. The van der Waals surface area contributed by atoms with Crippen molar-refractivity contribution in [1.82, 2.24) is 0 Å². The average molecular weight is 385 g/mol. The third kappa shape index (κ3) is 3.92. The van der Waals surface area contributed by atoms with Crippen LogP contribution >= 0.6 is 0 Å². The number of carbonyl (C=O) groups is 2. The molecule has 1 aliphatic heterocycles. The molecule has 1 heterocycles. The first-order valence-electron chi connectivity index (χ1n) is 9.81. The van der Waals surface area contributed by atoms with Crippen molar-refractivity contribution >= 4 is 17.6 Å². The van der Waals surface area contributed by atoms with Crippen molar-refractivity contribution in [3.05, 3.63) is 102 Å². The number of para-hydroxylation sites is 1. The van der Waals surface area contributed by atoms with E-state index in [1.54, 1.807) is 4.90 Å². The molecule has 29 heavy (non-hydrogen) atoms. The third-order valence-corrected chi connectivity index (χ3v) is 5.32. The number of hydrogen-bond donors (Lipinski definition) is 0. The average Bonchev–Trinajstić information content (AvgIpc) is 3.09. The zero-order chi connectivity index (χ0) is 20.2. The molecule has 0 radical (unpaired) electrons. The fourth-order valence-corrected chi connectivity index (χ4v) is 3.99. The molecule has 0 spiro atoms. The van der Waals surface area contributed by atoms with E-state index in [2.05, 4.69) is 0 Å². The molecule has 1 unspecified atom stereocenters. The van der Waals surface area contributed by atoms with Crippen LogP contribution in [0, 0.1) is 0 Å². The highest BCUT2D eigenvalue weighted by atomic mass is 16.5. The molecule has 1 amide bonds. The van der Waals surface area contributed by atoms with Crippen LogP contribution in [0.1, 0.15) is 29.5 Å². The molecular weight excluding hydrogens is 362 g/mol. The van der Waals surface area contributed by atoms with Crippen molar-refractivity contribution in [2.75, 3.05) is 11.5 Å². The lowest BCUT2D eigenvalue weighted by atomic mass is 9.91. The van der Waals surface area contributed by atoms with E-state index in [0.29, 0.717) is 0 Å². The summed E-state index contributed by atoms with van der Waals surface area (Å²) in [4.78, 5) is 27.6. The number of benzene rings is 3. The molecule has 0 aromatic heterocycles. The van der Waals surface area contributed by atoms with Crippen LogP contribution in [0.2, 0.25) is 0 Å². The lowest BCUT2D eigenvalue weighted by Crippen LogP contribution is -2.39. The molecule has 0 saturated carbocycles. The van der Waals surface area contributed by atoms with Gasteiger partial charge in [-0.2, -0.15) is 0 Å². The van der Waals surface area contributed by atoms with Gasteiger partial charge in [-0.3, -0.25) is 9.59 Å². The van der Waals surface area contributed by atoms with Crippen molar-refractivity contribution in [3.8, 4) is 0 Å². The van der Waals surface area contributed by atoms with Crippen LogP contribution in [0.4, 0.5) is 5.69 Å². The summed E-state index contributed by atoms with van der Waals surface area (Å²) in [6.07, 6.45) is 0.812. The molecule has 146 valence electrons. The molecule has 1 atom stereocenters. The number of amides is 1. The Morgan fingerprint density at radius 1 is 0.897 bits per heavy atom. The molecule has 0 N–H and O–H groups in total. The Balaban J connectivity index is 1.51. The molecular formula is C25H23NO3. The normalized spacial score (nSPS) is 15.2. The van der Waals surface area contributed by atoms with Gasteiger partial charge in [0.25, 0.3) is 5.91 Å². The number of rotatable bonds is 5. The van der Waals surface area contributed by atoms with Gasteiger partial charge in [0.05, 0.1) is 0 Å². The summed E-state index contributed by atoms with van der Waals surface area (Å²) in [6, 6.07) is 26.9. The SMILES string of the molecule is CC1Cc2ccccc2N1C(=O)COC(=O)C(c1ccccc1)c1ccccc1. The minimum Gasteiger partial charge on any atom is -0.455 e. The van der Waals surface area contributed by atoms with Crippen LogP contribution in [0.3, 0.4) is 0 Å². The Morgan fingerprint density at radius 3 is 2.07 bits per heavy atom. The second-order valence-electron chi connectivity index (χ2n) is 7.31. The van der Waals surface area contributed by atoms with Crippen molar-refractivity contribution in [1.29, 1.82) is 0 Å². The first-order valence-corrected chi connectivity index (χ1v) is 9.81. The largest absolute Gasteiger partial charge is 0.455 e. The molecule has 4 rings (SSSR count). The summed E-state index contributed by atoms with van der Waals surface area (Å²) in [5.41, 5.74) is 3.74. The monoisotopic (exact) mass is 385 g/mol. The molecule has 1 aliphatic rings. The Morgan fingerprint density at radius 2 is 1.45 bits per heavy atom. The second-order valence-corrected chi connectivity index (χ2v) is 7.31. The van der Waals surface area contributed by atoms with Gasteiger partial charge in [-0.1, -0.05) is 78.9 Å². The molecule has 0 saturated heterocycles. The van der Waals surface area contributed by atoms with Crippen LogP contribution in [0.15, 0.2) is 84.9 Å². The van der Waals surface area contributed by atoms with Crippen molar-refractivity contribution in [2.24, 2.45) is 0 Å². The van der Waals surface area contributed by atoms with E-state index in [1.165, 1.54) is 0 Å². The van der Waals surface area contributed by atoms with Gasteiger partial charge in [0, 0.05) is 11.7 Å². The topological polar surface area (TPSA) is 46.6 Å². The lowest BCUT2D eigenvalue weighted by Gasteiger charge is -2.23. The first kappa shape index (κ1) is 18.9. The fourth-order valence-electron chi connectivity index (χ4n) is 3.99. The van der Waals surface area contributed by atoms with Gasteiger partial charge in [0.2, 0.25) is 0 Å². The third-order valence-electron chi connectivity index (χ3n) is 5.32. The highest BCUT2D eigenvalue weighted by molar-refractivity contribution is 5.98. The van der Waals surface area contributed by atoms with Crippen molar-refractivity contribution < 1.29 is 14.3 Å². The first-order chi connectivity index (χ1) is 14.1. The van der Waals surface area contributed by atoms with Crippen LogP contribution in [0.5, 0.6) is 0 Å². The number of esters is 1. The van der Waals surface area contributed by atoms with E-state index in [-0.39, 0.29) is 18.6 Å². The molecule has 0 aliphatic carbocycles. The van der Waals surface area contributed by atoms with E-state index >= 15 is 0 Å². The van der Waals surface area contributed by atoms with E-state index in [1.807, 2.05) is 91.9 Å². The van der Waals surface area contributed by atoms with Crippen molar-refractivity contribution in [2.45, 2.75) is 25.3 Å². The van der Waals surface area contributed by atoms with Crippen LogP contribution in [-0.2, 0) is 20.7 Å². The number of hydrogen-bond acceptors (Lipinski definition) is 3. The second kappa shape index (κ2) is 8.31. The van der Waals surface area contributed by atoms with Gasteiger partial charge >= 0.3 is 5.97 Å². The Labute approximate surface area is 170 Å². The van der Waals surface area contributed by atoms with Crippen LogP contribution < -0.4 is 4.90 Å². The van der Waals surface area contributed by atoms with Gasteiger partial charge in [-0.15, -0.1) is 0 Å². The summed E-state index contributed by atoms with van der Waals surface area (Å²) in [7, 11) is 0. The predicted octanol–water partition coefficient (Wildman–Crippen LogP) is 4.34. The summed E-state index contributed by atoms with van der Waals surface area (Å²) >= 11 is 0. The Hall–Kier alpha value is -3.40. The number of ether oxygens (including phenoxy) is 1. The van der Waals surface area contributed by atoms with Gasteiger partial charge in [-0.25, -0.2) is 0 Å². The highest BCUT2D eigenvalue weighted by Crippen LogP contribution is 2.32. The summed E-state index contributed by atoms with van der Waals surface area (Å²) < 4.78 is 5.52. The number of carbonyl (C=O) groups excluding carboxylic acids is 2. The summed E-state index contributed by atoms with van der Waals surface area (Å²) in [5.74, 6) is -1.18. The van der Waals surface area contributed by atoms with E-state index in [9.17, 15) is 9.59 Å². The maximum absolute atomic E-state index is 13.0. The Bertz CT molecular complexity index is 961. The zero-order valence-corrected chi connectivity index (χ0v) is 16.3. The number of anilines is 1. The Kier molecular flexibility index (Phi) is 5.43. The summed E-state index contributed by atoms with van der Waals surface area (Å²) in [6.45, 7) is 1.74. The molecule has 0 bridgehead atoms. The van der Waals surface area contributed by atoms with Gasteiger partial charge in [0.15, 0.2) is 6.61 Å². The maximum Gasteiger partial charge on any atom is 0.318 e.